The normalized spacial score (nSPS) is 12.1. The van der Waals surface area contributed by atoms with E-state index in [1.54, 1.807) is 12.1 Å². The molecule has 0 saturated heterocycles. The van der Waals surface area contributed by atoms with Crippen LogP contribution in [0.3, 0.4) is 0 Å². The van der Waals surface area contributed by atoms with Crippen molar-refractivity contribution in [3.63, 3.8) is 0 Å². The minimum Gasteiger partial charge on any atom is -0.504 e. The average molecular weight is 322 g/mol. The maximum Gasteiger partial charge on any atom is 0.161 e. The molecule has 0 amide bonds. The largest absolute Gasteiger partial charge is 0.504 e. The van der Waals surface area contributed by atoms with Crippen LogP contribution >= 0.6 is 0 Å². The van der Waals surface area contributed by atoms with Gasteiger partial charge in [-0.2, -0.15) is 0 Å². The van der Waals surface area contributed by atoms with E-state index in [1.807, 2.05) is 0 Å². The van der Waals surface area contributed by atoms with Crippen LogP contribution in [0.4, 0.5) is 0 Å². The first-order chi connectivity index (χ1) is 11.1. The molecule has 0 aliphatic heterocycles. The number of Topliss-reactive ketones (excluding diaryl/α,β-unsaturated/α-hetero) is 1. The Bertz CT molecular complexity index is 470. The summed E-state index contributed by atoms with van der Waals surface area (Å²) in [5, 5.41) is 19.6. The van der Waals surface area contributed by atoms with Gasteiger partial charge < -0.3 is 14.9 Å². The molecule has 130 valence electrons. The molecule has 0 aliphatic carbocycles. The van der Waals surface area contributed by atoms with E-state index in [4.69, 9.17) is 4.74 Å². The zero-order valence-electron chi connectivity index (χ0n) is 14.4. The van der Waals surface area contributed by atoms with Crippen LogP contribution in [0.2, 0.25) is 0 Å². The van der Waals surface area contributed by atoms with E-state index in [1.165, 1.54) is 45.3 Å². The van der Waals surface area contributed by atoms with Gasteiger partial charge in [0.25, 0.3) is 0 Å². The third-order valence-electron chi connectivity index (χ3n) is 4.07. The fraction of sp³-hybridized carbons (Fsp3) is 0.632. The second-order valence-corrected chi connectivity index (χ2v) is 6.06. The lowest BCUT2D eigenvalue weighted by molar-refractivity contribution is -0.127. The van der Waals surface area contributed by atoms with Gasteiger partial charge in [-0.15, -0.1) is 0 Å². The van der Waals surface area contributed by atoms with Crippen molar-refractivity contribution in [2.24, 2.45) is 0 Å². The maximum absolute atomic E-state index is 12.0. The number of carbonyl (C=O) groups excluding carboxylic acids is 1. The highest BCUT2D eigenvalue weighted by Crippen LogP contribution is 2.26. The van der Waals surface area contributed by atoms with Gasteiger partial charge in [-0.25, -0.2) is 0 Å². The van der Waals surface area contributed by atoms with Crippen LogP contribution in [0.25, 0.3) is 0 Å². The molecular formula is C19H30O4. The minimum absolute atomic E-state index is 0.0557. The van der Waals surface area contributed by atoms with Crippen molar-refractivity contribution in [2.45, 2.75) is 70.8 Å². The van der Waals surface area contributed by atoms with Gasteiger partial charge in [-0.1, -0.05) is 51.5 Å². The smallest absolute Gasteiger partial charge is 0.161 e. The standard InChI is InChI=1S/C19H30O4/c1-3-4-5-6-7-8-9-10-16(20)18(22)13-15-11-12-17(21)19(14-15)23-2/h11-12,14,18,21-22H,3-10,13H2,1-2H3. The fourth-order valence-electron chi connectivity index (χ4n) is 2.61. The molecule has 0 bridgehead atoms. The highest BCUT2D eigenvalue weighted by Gasteiger charge is 2.16. The Morgan fingerprint density at radius 3 is 2.43 bits per heavy atom. The molecule has 1 rings (SSSR count). The maximum atomic E-state index is 12.0. The Kier molecular flexibility index (Phi) is 9.37. The third kappa shape index (κ3) is 7.51. The summed E-state index contributed by atoms with van der Waals surface area (Å²) in [7, 11) is 1.47. The molecule has 4 heteroatoms. The molecule has 0 saturated carbocycles. The molecule has 1 aromatic carbocycles. The van der Waals surface area contributed by atoms with Crippen LogP contribution in [0, 0.1) is 0 Å². The van der Waals surface area contributed by atoms with Crippen LogP contribution in [0.5, 0.6) is 11.5 Å². The molecular weight excluding hydrogens is 292 g/mol. The lowest BCUT2D eigenvalue weighted by Gasteiger charge is -2.11. The molecule has 23 heavy (non-hydrogen) atoms. The number of aliphatic hydroxyl groups excluding tert-OH is 1. The van der Waals surface area contributed by atoms with E-state index in [-0.39, 0.29) is 18.0 Å². The molecule has 1 unspecified atom stereocenters. The number of carbonyl (C=O) groups is 1. The Balaban J connectivity index is 2.28. The number of aliphatic hydroxyl groups is 1. The van der Waals surface area contributed by atoms with Crippen molar-refractivity contribution in [1.29, 1.82) is 0 Å². The Labute approximate surface area is 139 Å². The van der Waals surface area contributed by atoms with Gasteiger partial charge in [0.1, 0.15) is 6.10 Å². The fourth-order valence-corrected chi connectivity index (χ4v) is 2.61. The molecule has 0 radical (unpaired) electrons. The molecule has 1 aromatic rings. The van der Waals surface area contributed by atoms with Crippen LogP contribution in [-0.4, -0.2) is 29.2 Å². The number of unbranched alkanes of at least 4 members (excludes halogenated alkanes) is 6. The monoisotopic (exact) mass is 322 g/mol. The number of ether oxygens (including phenoxy) is 1. The number of rotatable bonds is 12. The zero-order valence-corrected chi connectivity index (χ0v) is 14.4. The van der Waals surface area contributed by atoms with E-state index >= 15 is 0 Å². The number of benzene rings is 1. The summed E-state index contributed by atoms with van der Waals surface area (Å²) in [6.07, 6.45) is 7.81. The van der Waals surface area contributed by atoms with Gasteiger partial charge in [0, 0.05) is 12.8 Å². The van der Waals surface area contributed by atoms with Crippen molar-refractivity contribution in [1.82, 2.24) is 0 Å². The third-order valence-corrected chi connectivity index (χ3v) is 4.07. The molecule has 1 atom stereocenters. The van der Waals surface area contributed by atoms with E-state index < -0.39 is 6.10 Å². The van der Waals surface area contributed by atoms with E-state index in [2.05, 4.69) is 6.92 Å². The van der Waals surface area contributed by atoms with Gasteiger partial charge in [0.15, 0.2) is 17.3 Å². The summed E-state index contributed by atoms with van der Waals surface area (Å²) in [5.41, 5.74) is 0.778. The second kappa shape index (κ2) is 11.1. The summed E-state index contributed by atoms with van der Waals surface area (Å²) in [6.45, 7) is 2.20. The number of hydrogen-bond donors (Lipinski definition) is 2. The molecule has 0 spiro atoms. The first-order valence-electron chi connectivity index (χ1n) is 8.65. The van der Waals surface area contributed by atoms with E-state index in [0.29, 0.717) is 12.2 Å². The molecule has 0 aliphatic rings. The first kappa shape index (κ1) is 19.5. The number of aromatic hydroxyl groups is 1. The minimum atomic E-state index is -0.982. The van der Waals surface area contributed by atoms with Gasteiger partial charge in [-0.3, -0.25) is 4.79 Å². The van der Waals surface area contributed by atoms with Gasteiger partial charge >= 0.3 is 0 Å². The average Bonchev–Trinajstić information content (AvgIpc) is 2.55. The predicted molar refractivity (Wildman–Crippen MR) is 92.0 cm³/mol. The first-order valence-corrected chi connectivity index (χ1v) is 8.65. The molecule has 0 fully saturated rings. The van der Waals surface area contributed by atoms with Crippen LogP contribution in [0.1, 0.15) is 63.9 Å². The lowest BCUT2D eigenvalue weighted by atomic mass is 10.00. The molecule has 0 aromatic heterocycles. The lowest BCUT2D eigenvalue weighted by Crippen LogP contribution is -2.22. The van der Waals surface area contributed by atoms with Gasteiger partial charge in [0.2, 0.25) is 0 Å². The zero-order chi connectivity index (χ0) is 17.1. The van der Waals surface area contributed by atoms with Crippen LogP contribution in [-0.2, 0) is 11.2 Å². The number of phenolic OH excluding ortho intramolecular Hbond substituents is 1. The van der Waals surface area contributed by atoms with Crippen molar-refractivity contribution < 1.29 is 19.7 Å². The van der Waals surface area contributed by atoms with Crippen molar-refractivity contribution in [3.05, 3.63) is 23.8 Å². The van der Waals surface area contributed by atoms with Crippen molar-refractivity contribution in [2.75, 3.05) is 7.11 Å². The summed E-state index contributed by atoms with van der Waals surface area (Å²) in [6, 6.07) is 4.86. The van der Waals surface area contributed by atoms with E-state index in [9.17, 15) is 15.0 Å². The Morgan fingerprint density at radius 2 is 1.78 bits per heavy atom. The SMILES string of the molecule is CCCCCCCCCC(=O)C(O)Cc1ccc(O)c(OC)c1. The highest BCUT2D eigenvalue weighted by atomic mass is 16.5. The molecule has 4 nitrogen and oxygen atoms in total. The summed E-state index contributed by atoms with van der Waals surface area (Å²) < 4.78 is 5.03. The topological polar surface area (TPSA) is 66.8 Å². The number of hydrogen-bond acceptors (Lipinski definition) is 4. The summed E-state index contributed by atoms with van der Waals surface area (Å²) in [4.78, 5) is 12.0. The number of phenols is 1. The van der Waals surface area contributed by atoms with Gasteiger partial charge in [-0.05, 0) is 24.1 Å². The Hall–Kier alpha value is -1.55. The van der Waals surface area contributed by atoms with E-state index in [0.717, 1.165) is 18.4 Å². The van der Waals surface area contributed by atoms with Crippen molar-refractivity contribution >= 4 is 5.78 Å². The van der Waals surface area contributed by atoms with Crippen molar-refractivity contribution in [3.8, 4) is 11.5 Å². The predicted octanol–water partition coefficient (Wildman–Crippen LogP) is 4.01. The van der Waals surface area contributed by atoms with Crippen LogP contribution < -0.4 is 4.74 Å². The van der Waals surface area contributed by atoms with Crippen LogP contribution in [0.15, 0.2) is 18.2 Å². The molecule has 0 heterocycles. The Morgan fingerprint density at radius 1 is 1.13 bits per heavy atom. The highest BCUT2D eigenvalue weighted by molar-refractivity contribution is 5.83. The molecule has 2 N–H and O–H groups in total. The summed E-state index contributed by atoms with van der Waals surface area (Å²) in [5.74, 6) is 0.306. The quantitative estimate of drug-likeness (QED) is 0.571. The van der Waals surface area contributed by atoms with Gasteiger partial charge in [0.05, 0.1) is 7.11 Å². The number of methoxy groups -OCH3 is 1. The summed E-state index contributed by atoms with van der Waals surface area (Å²) >= 11 is 0. The number of ketones is 1. The second-order valence-electron chi connectivity index (χ2n) is 6.06.